The number of carbonyl (C=O) groups is 1. The fourth-order valence-electron chi connectivity index (χ4n) is 2.78. The van der Waals surface area contributed by atoms with Gasteiger partial charge in [-0.25, -0.2) is 4.99 Å². The van der Waals surface area contributed by atoms with Crippen LogP contribution in [0.4, 0.5) is 0 Å². The van der Waals surface area contributed by atoms with Crippen LogP contribution in [0, 0.1) is 0 Å². The Hall–Kier alpha value is -1.56. The first-order valence-electron chi connectivity index (χ1n) is 8.69. The van der Waals surface area contributed by atoms with E-state index >= 15 is 0 Å². The van der Waals surface area contributed by atoms with E-state index in [1.807, 2.05) is 6.92 Å². The Labute approximate surface area is 151 Å². The first kappa shape index (κ1) is 17.3. The van der Waals surface area contributed by atoms with Crippen LogP contribution in [0.1, 0.15) is 38.2 Å². The van der Waals surface area contributed by atoms with Crippen molar-refractivity contribution in [2.45, 2.75) is 44.1 Å². The molecule has 1 amide bonds. The van der Waals surface area contributed by atoms with E-state index in [1.165, 1.54) is 18.4 Å². The summed E-state index contributed by atoms with van der Waals surface area (Å²) in [6.07, 6.45) is 4.56. The highest BCUT2D eigenvalue weighted by molar-refractivity contribution is 9.10. The zero-order chi connectivity index (χ0) is 17.0. The van der Waals surface area contributed by atoms with Crippen molar-refractivity contribution in [3.63, 3.8) is 0 Å². The predicted molar refractivity (Wildman–Crippen MR) is 100 cm³/mol. The number of guanidine groups is 1. The SMILES string of the molecule is CCNC(=NCC(=O)NC1CC1)NCC1(c2cccc(Br)c2)CC1. The minimum absolute atomic E-state index is 0.00262. The molecular formula is C18H25BrN4O. The van der Waals surface area contributed by atoms with Gasteiger partial charge in [-0.05, 0) is 50.3 Å². The van der Waals surface area contributed by atoms with Crippen molar-refractivity contribution < 1.29 is 4.79 Å². The highest BCUT2D eigenvalue weighted by atomic mass is 79.9. The molecule has 0 heterocycles. The monoisotopic (exact) mass is 392 g/mol. The predicted octanol–water partition coefficient (Wildman–Crippen LogP) is 2.31. The summed E-state index contributed by atoms with van der Waals surface area (Å²) < 4.78 is 1.11. The van der Waals surface area contributed by atoms with Crippen molar-refractivity contribution in [2.24, 2.45) is 4.99 Å². The lowest BCUT2D eigenvalue weighted by atomic mass is 9.96. The Bertz CT molecular complexity index is 623. The number of halogens is 1. The van der Waals surface area contributed by atoms with Gasteiger partial charge in [0, 0.05) is 29.0 Å². The lowest BCUT2D eigenvalue weighted by molar-refractivity contribution is -0.119. The molecule has 2 saturated carbocycles. The average Bonchev–Trinajstić information content (AvgIpc) is 3.46. The minimum Gasteiger partial charge on any atom is -0.357 e. The van der Waals surface area contributed by atoms with Gasteiger partial charge in [0.05, 0.1) is 0 Å². The molecular weight excluding hydrogens is 368 g/mol. The van der Waals surface area contributed by atoms with E-state index < -0.39 is 0 Å². The molecule has 0 atom stereocenters. The molecule has 2 aliphatic carbocycles. The summed E-state index contributed by atoms with van der Waals surface area (Å²) in [7, 11) is 0. The summed E-state index contributed by atoms with van der Waals surface area (Å²) >= 11 is 3.55. The quantitative estimate of drug-likeness (QED) is 0.492. The van der Waals surface area contributed by atoms with Gasteiger partial charge in [-0.2, -0.15) is 0 Å². The second-order valence-electron chi connectivity index (χ2n) is 6.68. The van der Waals surface area contributed by atoms with Gasteiger partial charge >= 0.3 is 0 Å². The summed E-state index contributed by atoms with van der Waals surface area (Å²) in [5, 5.41) is 9.59. The number of amides is 1. The van der Waals surface area contributed by atoms with Gasteiger partial charge in [0.15, 0.2) is 5.96 Å². The molecule has 1 aromatic carbocycles. The third-order valence-corrected chi connectivity index (χ3v) is 5.05. The number of hydrogen-bond donors (Lipinski definition) is 3. The Morgan fingerprint density at radius 2 is 2.12 bits per heavy atom. The molecule has 5 nitrogen and oxygen atoms in total. The maximum Gasteiger partial charge on any atom is 0.242 e. The Balaban J connectivity index is 1.56. The van der Waals surface area contributed by atoms with Crippen molar-refractivity contribution in [3.8, 4) is 0 Å². The van der Waals surface area contributed by atoms with E-state index in [9.17, 15) is 4.79 Å². The average molecular weight is 393 g/mol. The number of nitrogens with one attached hydrogen (secondary N) is 3. The number of aliphatic imine (C=N–C) groups is 1. The highest BCUT2D eigenvalue weighted by Gasteiger charge is 2.44. The smallest absolute Gasteiger partial charge is 0.242 e. The normalized spacial score (nSPS) is 18.8. The zero-order valence-corrected chi connectivity index (χ0v) is 15.7. The molecule has 1 aromatic rings. The second-order valence-corrected chi connectivity index (χ2v) is 7.60. The Morgan fingerprint density at radius 3 is 2.75 bits per heavy atom. The number of carbonyl (C=O) groups excluding carboxylic acids is 1. The van der Waals surface area contributed by atoms with Crippen LogP contribution < -0.4 is 16.0 Å². The van der Waals surface area contributed by atoms with E-state index in [1.54, 1.807) is 0 Å². The summed E-state index contributed by atoms with van der Waals surface area (Å²) in [5.41, 5.74) is 1.54. The van der Waals surface area contributed by atoms with Crippen LogP contribution in [0.2, 0.25) is 0 Å². The molecule has 0 saturated heterocycles. The minimum atomic E-state index is 0.00262. The Morgan fingerprint density at radius 1 is 1.33 bits per heavy atom. The van der Waals surface area contributed by atoms with Crippen molar-refractivity contribution >= 4 is 27.8 Å². The standard InChI is InChI=1S/C18H25BrN4O/c1-2-20-17(21-11-16(24)23-15-6-7-15)22-12-18(8-9-18)13-4-3-5-14(19)10-13/h3-5,10,15H,2,6-9,11-12H2,1H3,(H,23,24)(H2,20,21,22). The molecule has 130 valence electrons. The fraction of sp³-hybridized carbons (Fsp3) is 0.556. The van der Waals surface area contributed by atoms with Crippen LogP contribution in [-0.4, -0.2) is 37.5 Å². The maximum atomic E-state index is 11.8. The lowest BCUT2D eigenvalue weighted by Gasteiger charge is -2.19. The third kappa shape index (κ3) is 4.72. The highest BCUT2D eigenvalue weighted by Crippen LogP contribution is 2.48. The van der Waals surface area contributed by atoms with Crippen LogP contribution >= 0.6 is 15.9 Å². The summed E-state index contributed by atoms with van der Waals surface area (Å²) in [5.74, 6) is 0.715. The van der Waals surface area contributed by atoms with Crippen molar-refractivity contribution in [1.82, 2.24) is 16.0 Å². The van der Waals surface area contributed by atoms with Crippen molar-refractivity contribution in [3.05, 3.63) is 34.3 Å². The van der Waals surface area contributed by atoms with Gasteiger partial charge in [-0.1, -0.05) is 28.1 Å². The van der Waals surface area contributed by atoms with Gasteiger partial charge in [-0.3, -0.25) is 4.79 Å². The largest absolute Gasteiger partial charge is 0.357 e. The van der Waals surface area contributed by atoms with E-state index in [4.69, 9.17) is 0 Å². The summed E-state index contributed by atoms with van der Waals surface area (Å²) in [4.78, 5) is 16.2. The van der Waals surface area contributed by atoms with E-state index in [0.29, 0.717) is 12.0 Å². The fourth-order valence-corrected chi connectivity index (χ4v) is 3.18. The van der Waals surface area contributed by atoms with E-state index in [0.717, 1.165) is 30.4 Å². The van der Waals surface area contributed by atoms with Gasteiger partial charge in [0.1, 0.15) is 6.54 Å². The molecule has 3 N–H and O–H groups in total. The second kappa shape index (κ2) is 7.55. The van der Waals surface area contributed by atoms with Gasteiger partial charge in [-0.15, -0.1) is 0 Å². The molecule has 3 rings (SSSR count). The van der Waals surface area contributed by atoms with E-state index in [-0.39, 0.29) is 17.9 Å². The first-order valence-corrected chi connectivity index (χ1v) is 9.48. The Kier molecular flexibility index (Phi) is 5.43. The summed E-state index contributed by atoms with van der Waals surface area (Å²) in [6.45, 7) is 3.82. The first-order chi connectivity index (χ1) is 11.6. The molecule has 0 unspecified atom stereocenters. The molecule has 24 heavy (non-hydrogen) atoms. The van der Waals surface area contributed by atoms with Crippen LogP contribution in [-0.2, 0) is 10.2 Å². The molecule has 0 bridgehead atoms. The van der Waals surface area contributed by atoms with Crippen LogP contribution in [0.5, 0.6) is 0 Å². The maximum absolute atomic E-state index is 11.8. The molecule has 6 heteroatoms. The van der Waals surface area contributed by atoms with Crippen molar-refractivity contribution in [1.29, 1.82) is 0 Å². The van der Waals surface area contributed by atoms with Crippen LogP contribution in [0.15, 0.2) is 33.7 Å². The van der Waals surface area contributed by atoms with Gasteiger partial charge < -0.3 is 16.0 Å². The number of hydrogen-bond acceptors (Lipinski definition) is 2. The third-order valence-electron chi connectivity index (χ3n) is 4.55. The van der Waals surface area contributed by atoms with Crippen molar-refractivity contribution in [2.75, 3.05) is 19.6 Å². The molecule has 0 aliphatic heterocycles. The van der Waals surface area contributed by atoms with E-state index in [2.05, 4.69) is 61.1 Å². The molecule has 0 aromatic heterocycles. The van der Waals surface area contributed by atoms with Crippen LogP contribution in [0.25, 0.3) is 0 Å². The number of benzene rings is 1. The molecule has 2 fully saturated rings. The molecule has 2 aliphatic rings. The zero-order valence-electron chi connectivity index (χ0n) is 14.1. The van der Waals surface area contributed by atoms with Crippen LogP contribution in [0.3, 0.4) is 0 Å². The number of rotatable bonds is 7. The topological polar surface area (TPSA) is 65.5 Å². The summed E-state index contributed by atoms with van der Waals surface area (Å²) in [6, 6.07) is 8.90. The van der Waals surface area contributed by atoms with Gasteiger partial charge in [0.2, 0.25) is 5.91 Å². The number of nitrogens with zero attached hydrogens (tertiary/aromatic N) is 1. The lowest BCUT2D eigenvalue weighted by Crippen LogP contribution is -2.42. The molecule has 0 radical (unpaired) electrons. The van der Waals surface area contributed by atoms with Gasteiger partial charge in [0.25, 0.3) is 0 Å². The molecule has 0 spiro atoms.